The fourth-order valence-electron chi connectivity index (χ4n) is 4.10. The summed E-state index contributed by atoms with van der Waals surface area (Å²) in [5, 5.41) is 7.76. The van der Waals surface area contributed by atoms with Gasteiger partial charge >= 0.3 is 0 Å². The summed E-state index contributed by atoms with van der Waals surface area (Å²) >= 11 is 0. The van der Waals surface area contributed by atoms with Crippen LogP contribution in [0.3, 0.4) is 0 Å². The maximum absolute atomic E-state index is 13.4. The summed E-state index contributed by atoms with van der Waals surface area (Å²) in [7, 11) is 0. The molecule has 35 heavy (non-hydrogen) atoms. The zero-order chi connectivity index (χ0) is 24.3. The van der Waals surface area contributed by atoms with E-state index >= 15 is 0 Å². The molecule has 2 aromatic heterocycles. The van der Waals surface area contributed by atoms with E-state index in [0.717, 1.165) is 63.4 Å². The van der Waals surface area contributed by atoms with Crippen molar-refractivity contribution in [1.82, 2.24) is 25.0 Å². The van der Waals surface area contributed by atoms with E-state index in [1.807, 2.05) is 53.2 Å². The fourth-order valence-corrected chi connectivity index (χ4v) is 4.10. The van der Waals surface area contributed by atoms with Crippen LogP contribution in [0.25, 0.3) is 0 Å². The summed E-state index contributed by atoms with van der Waals surface area (Å²) in [4.78, 5) is 20.2. The number of hydrogen-bond donors (Lipinski definition) is 1. The molecule has 186 valence electrons. The van der Waals surface area contributed by atoms with Crippen molar-refractivity contribution in [2.24, 2.45) is 0 Å². The van der Waals surface area contributed by atoms with Gasteiger partial charge in [0, 0.05) is 31.9 Å². The minimum Gasteiger partial charge on any atom is -0.478 e. The topological polar surface area (TPSA) is 81.5 Å². The fraction of sp³-hybridized carbons (Fsp3) is 0.444. The molecular weight excluding hydrogens is 442 g/mol. The van der Waals surface area contributed by atoms with Crippen molar-refractivity contribution in [3.63, 3.8) is 0 Å². The minimum atomic E-state index is -0.377. The molecule has 0 spiro atoms. The number of hydrogen-bond acceptors (Lipinski definition) is 6. The highest BCUT2D eigenvalue weighted by molar-refractivity contribution is 5.93. The van der Waals surface area contributed by atoms with E-state index in [-0.39, 0.29) is 11.9 Å². The zero-order valence-corrected chi connectivity index (χ0v) is 20.4. The second kappa shape index (κ2) is 13.0. The Hall–Kier alpha value is -3.23. The number of carbonyl (C=O) groups is 1. The van der Waals surface area contributed by atoms with Crippen molar-refractivity contribution in [3.8, 4) is 5.88 Å². The quantitative estimate of drug-likeness (QED) is 0.401. The first-order valence-electron chi connectivity index (χ1n) is 12.5. The van der Waals surface area contributed by atoms with Crippen molar-refractivity contribution >= 4 is 5.91 Å². The van der Waals surface area contributed by atoms with Gasteiger partial charge in [-0.2, -0.15) is 5.10 Å². The van der Waals surface area contributed by atoms with Gasteiger partial charge in [-0.15, -0.1) is 0 Å². The van der Waals surface area contributed by atoms with E-state index in [2.05, 4.69) is 27.2 Å². The Morgan fingerprint density at radius 3 is 2.63 bits per heavy atom. The zero-order valence-electron chi connectivity index (χ0n) is 20.4. The molecule has 1 saturated heterocycles. The van der Waals surface area contributed by atoms with Crippen LogP contribution >= 0.6 is 0 Å². The summed E-state index contributed by atoms with van der Waals surface area (Å²) in [5.74, 6) is 0.377. The number of unbranched alkanes of at least 4 members (excludes halogenated alkanes) is 2. The Kier molecular flexibility index (Phi) is 9.25. The van der Waals surface area contributed by atoms with E-state index in [0.29, 0.717) is 24.7 Å². The smallest absolute Gasteiger partial charge is 0.272 e. The lowest BCUT2D eigenvalue weighted by Gasteiger charge is -2.26. The highest BCUT2D eigenvalue weighted by Crippen LogP contribution is 2.22. The van der Waals surface area contributed by atoms with Crippen molar-refractivity contribution in [2.45, 2.75) is 38.8 Å². The average Bonchev–Trinajstić information content (AvgIpc) is 3.33. The van der Waals surface area contributed by atoms with Crippen LogP contribution in [0.5, 0.6) is 5.88 Å². The van der Waals surface area contributed by atoms with Crippen LogP contribution in [0.4, 0.5) is 0 Å². The number of amides is 1. The highest BCUT2D eigenvalue weighted by atomic mass is 16.5. The van der Waals surface area contributed by atoms with Gasteiger partial charge in [0.25, 0.3) is 5.91 Å². The number of nitrogens with one attached hydrogen (secondary N) is 1. The van der Waals surface area contributed by atoms with E-state index in [9.17, 15) is 4.79 Å². The average molecular weight is 478 g/mol. The number of aromatic nitrogens is 3. The summed E-state index contributed by atoms with van der Waals surface area (Å²) in [5.41, 5.74) is 2.08. The first-order chi connectivity index (χ1) is 17.2. The molecule has 1 amide bonds. The van der Waals surface area contributed by atoms with Crippen molar-refractivity contribution in [3.05, 3.63) is 77.7 Å². The molecule has 0 saturated carbocycles. The Labute approximate surface area is 207 Å². The first-order valence-corrected chi connectivity index (χ1v) is 12.5. The molecule has 8 nitrogen and oxygen atoms in total. The van der Waals surface area contributed by atoms with Crippen LogP contribution in [-0.4, -0.2) is 65.0 Å². The van der Waals surface area contributed by atoms with Gasteiger partial charge in [-0.3, -0.25) is 14.7 Å². The molecule has 4 rings (SSSR count). The van der Waals surface area contributed by atoms with Crippen LogP contribution in [-0.2, 0) is 11.3 Å². The maximum atomic E-state index is 13.4. The maximum Gasteiger partial charge on any atom is 0.272 e. The minimum absolute atomic E-state index is 0.256. The standard InChI is InChI=1S/C27H35N5O3/c1-2-3-9-18-35-25-21-24(30-32(25)15-14-31-16-19-34-20-17-31)27(33)29-26(22-10-5-4-6-11-22)23-12-7-8-13-28-23/h4-8,10-13,21,26H,2-3,9,14-20H2,1H3,(H,29,33). The third kappa shape index (κ3) is 7.13. The third-order valence-electron chi connectivity index (χ3n) is 6.10. The SMILES string of the molecule is CCCCCOc1cc(C(=O)NC(c2ccccc2)c2ccccn2)nn1CCN1CCOCC1. The summed E-state index contributed by atoms with van der Waals surface area (Å²) < 4.78 is 13.3. The molecule has 0 radical (unpaired) electrons. The van der Waals surface area contributed by atoms with Gasteiger partial charge in [0.1, 0.15) is 0 Å². The Morgan fingerprint density at radius 2 is 1.89 bits per heavy atom. The largest absolute Gasteiger partial charge is 0.478 e. The number of benzene rings is 1. The molecular formula is C27H35N5O3. The van der Waals surface area contributed by atoms with Crippen molar-refractivity contribution in [1.29, 1.82) is 0 Å². The van der Waals surface area contributed by atoms with Crippen molar-refractivity contribution in [2.75, 3.05) is 39.5 Å². The van der Waals surface area contributed by atoms with Crippen LogP contribution in [0, 0.1) is 0 Å². The molecule has 8 heteroatoms. The van der Waals surface area contributed by atoms with Gasteiger partial charge in [-0.1, -0.05) is 56.2 Å². The summed E-state index contributed by atoms with van der Waals surface area (Å²) in [6, 6.07) is 16.9. The van der Waals surface area contributed by atoms with Crippen LogP contribution in [0.15, 0.2) is 60.8 Å². The Morgan fingerprint density at radius 1 is 1.09 bits per heavy atom. The predicted molar refractivity (Wildman–Crippen MR) is 134 cm³/mol. The molecule has 0 bridgehead atoms. The molecule has 1 atom stereocenters. The van der Waals surface area contributed by atoms with Gasteiger partial charge in [0.15, 0.2) is 5.69 Å². The van der Waals surface area contributed by atoms with Gasteiger partial charge in [-0.05, 0) is 24.1 Å². The number of ether oxygens (including phenoxy) is 2. The molecule has 3 aromatic rings. The van der Waals surface area contributed by atoms with Gasteiger partial charge in [0.2, 0.25) is 5.88 Å². The number of carbonyl (C=O) groups excluding carboxylic acids is 1. The lowest BCUT2D eigenvalue weighted by molar-refractivity contribution is 0.0356. The van der Waals surface area contributed by atoms with Crippen LogP contribution < -0.4 is 10.1 Å². The van der Waals surface area contributed by atoms with E-state index in [1.165, 1.54) is 0 Å². The second-order valence-corrected chi connectivity index (χ2v) is 8.67. The van der Waals surface area contributed by atoms with Crippen molar-refractivity contribution < 1.29 is 14.3 Å². The molecule has 1 N–H and O–H groups in total. The van der Waals surface area contributed by atoms with E-state index in [4.69, 9.17) is 9.47 Å². The molecule has 1 unspecified atom stereocenters. The number of rotatable bonds is 12. The molecule has 1 aromatic carbocycles. The van der Waals surface area contributed by atoms with Gasteiger partial charge in [0.05, 0.1) is 38.1 Å². The Bertz CT molecular complexity index is 996. The molecule has 1 aliphatic heterocycles. The first kappa shape index (κ1) is 24.9. The predicted octanol–water partition coefficient (Wildman–Crippen LogP) is 3.70. The van der Waals surface area contributed by atoms with Gasteiger partial charge in [-0.25, -0.2) is 4.68 Å². The monoisotopic (exact) mass is 477 g/mol. The molecule has 3 heterocycles. The van der Waals surface area contributed by atoms with Crippen LogP contribution in [0.2, 0.25) is 0 Å². The van der Waals surface area contributed by atoms with E-state index in [1.54, 1.807) is 12.3 Å². The summed E-state index contributed by atoms with van der Waals surface area (Å²) in [6.07, 6.45) is 4.95. The lowest BCUT2D eigenvalue weighted by Crippen LogP contribution is -2.38. The molecule has 0 aliphatic carbocycles. The number of morpholine rings is 1. The number of pyridine rings is 1. The number of nitrogens with zero attached hydrogens (tertiary/aromatic N) is 4. The van der Waals surface area contributed by atoms with Gasteiger partial charge < -0.3 is 14.8 Å². The van der Waals surface area contributed by atoms with Crippen LogP contribution in [0.1, 0.15) is 54.0 Å². The van der Waals surface area contributed by atoms with E-state index < -0.39 is 0 Å². The Balaban J connectivity index is 1.51. The highest BCUT2D eigenvalue weighted by Gasteiger charge is 2.22. The third-order valence-corrected chi connectivity index (χ3v) is 6.10. The lowest BCUT2D eigenvalue weighted by atomic mass is 10.0. The molecule has 1 fully saturated rings. The second-order valence-electron chi connectivity index (χ2n) is 8.67. The normalized spacial score (nSPS) is 15.0. The summed E-state index contributed by atoms with van der Waals surface area (Å²) in [6.45, 7) is 7.58. The molecule has 1 aliphatic rings.